The molecular formula is C19H30N2O4S. The number of hydrogen-bond acceptors (Lipinski definition) is 4. The minimum absolute atomic E-state index is 0.126. The monoisotopic (exact) mass is 382 g/mol. The molecule has 1 atom stereocenters. The fraction of sp³-hybridized carbons (Fsp3) is 0.632. The van der Waals surface area contributed by atoms with Crippen LogP contribution in [0.1, 0.15) is 44.6 Å². The Morgan fingerprint density at radius 2 is 1.85 bits per heavy atom. The van der Waals surface area contributed by atoms with Gasteiger partial charge in [0.2, 0.25) is 15.9 Å². The first-order chi connectivity index (χ1) is 12.3. The van der Waals surface area contributed by atoms with Crippen LogP contribution in [0.15, 0.2) is 29.2 Å². The van der Waals surface area contributed by atoms with Crippen LogP contribution in [0.2, 0.25) is 0 Å². The lowest BCUT2D eigenvalue weighted by atomic mass is 9.95. The largest absolute Gasteiger partial charge is 0.383 e. The summed E-state index contributed by atoms with van der Waals surface area (Å²) < 4.78 is 32.8. The third kappa shape index (κ3) is 5.53. The summed E-state index contributed by atoms with van der Waals surface area (Å²) in [5, 5.41) is 2.81. The molecule has 1 aliphatic carbocycles. The predicted octanol–water partition coefficient (Wildman–Crippen LogP) is 2.47. The smallest absolute Gasteiger partial charge is 0.243 e. The molecule has 26 heavy (non-hydrogen) atoms. The van der Waals surface area contributed by atoms with Crippen LogP contribution in [-0.2, 0) is 19.6 Å². The van der Waals surface area contributed by atoms with Crippen molar-refractivity contribution in [1.82, 2.24) is 9.62 Å². The van der Waals surface area contributed by atoms with Crippen molar-refractivity contribution in [1.29, 1.82) is 0 Å². The molecular weight excluding hydrogens is 352 g/mol. The molecule has 1 amide bonds. The van der Waals surface area contributed by atoms with E-state index < -0.39 is 10.0 Å². The normalized spacial score (nSPS) is 17.2. The number of aryl methyl sites for hydroxylation is 1. The Morgan fingerprint density at radius 3 is 2.42 bits per heavy atom. The van der Waals surface area contributed by atoms with Crippen LogP contribution in [0.3, 0.4) is 0 Å². The zero-order chi connectivity index (χ0) is 19.2. The van der Waals surface area contributed by atoms with Crippen molar-refractivity contribution in [2.45, 2.75) is 62.9 Å². The zero-order valence-electron chi connectivity index (χ0n) is 15.9. The fourth-order valence-corrected chi connectivity index (χ4v) is 5.02. The second-order valence-corrected chi connectivity index (χ2v) is 8.97. The fourth-order valence-electron chi connectivity index (χ4n) is 3.38. The molecule has 7 heteroatoms. The highest BCUT2D eigenvalue weighted by Crippen LogP contribution is 2.27. The van der Waals surface area contributed by atoms with E-state index in [1.807, 2.05) is 13.8 Å². The van der Waals surface area contributed by atoms with Crippen molar-refractivity contribution in [2.24, 2.45) is 0 Å². The lowest BCUT2D eigenvalue weighted by molar-refractivity contribution is -0.122. The molecule has 1 aliphatic rings. The van der Waals surface area contributed by atoms with E-state index in [4.69, 9.17) is 4.74 Å². The van der Waals surface area contributed by atoms with Crippen LogP contribution in [0.4, 0.5) is 0 Å². The number of rotatable bonds is 8. The van der Waals surface area contributed by atoms with Crippen LogP contribution < -0.4 is 5.32 Å². The Labute approximate surface area is 157 Å². The number of nitrogens with zero attached hydrogens (tertiary/aromatic N) is 1. The third-order valence-electron chi connectivity index (χ3n) is 4.73. The van der Waals surface area contributed by atoms with Crippen molar-refractivity contribution >= 4 is 15.9 Å². The van der Waals surface area contributed by atoms with Crippen molar-refractivity contribution < 1.29 is 17.9 Å². The number of hydrogen-bond donors (Lipinski definition) is 1. The van der Waals surface area contributed by atoms with E-state index >= 15 is 0 Å². The van der Waals surface area contributed by atoms with E-state index in [1.165, 1.54) is 4.31 Å². The maximum atomic E-state index is 13.2. The Kier molecular flexibility index (Phi) is 7.61. The summed E-state index contributed by atoms with van der Waals surface area (Å²) in [6, 6.07) is 6.51. The highest BCUT2D eigenvalue weighted by Gasteiger charge is 2.34. The van der Waals surface area contributed by atoms with Gasteiger partial charge in [0.1, 0.15) is 0 Å². The van der Waals surface area contributed by atoms with E-state index in [-0.39, 0.29) is 29.4 Å². The number of ether oxygens (including phenoxy) is 1. The lowest BCUT2D eigenvalue weighted by Crippen LogP contribution is -2.49. The van der Waals surface area contributed by atoms with E-state index in [9.17, 15) is 13.2 Å². The van der Waals surface area contributed by atoms with Crippen LogP contribution in [0, 0.1) is 6.92 Å². The topological polar surface area (TPSA) is 75.7 Å². The Bertz CT molecular complexity index is 682. The van der Waals surface area contributed by atoms with Crippen LogP contribution >= 0.6 is 0 Å². The maximum Gasteiger partial charge on any atom is 0.243 e. The molecule has 6 nitrogen and oxygen atoms in total. The van der Waals surface area contributed by atoms with Crippen molar-refractivity contribution in [3.63, 3.8) is 0 Å². The molecule has 0 aromatic heterocycles. The molecule has 1 fully saturated rings. The minimum Gasteiger partial charge on any atom is -0.383 e. The number of methoxy groups -OCH3 is 1. The summed E-state index contributed by atoms with van der Waals surface area (Å²) in [6.45, 7) is 3.98. The van der Waals surface area contributed by atoms with Gasteiger partial charge < -0.3 is 10.1 Å². The van der Waals surface area contributed by atoms with Gasteiger partial charge >= 0.3 is 0 Å². The van der Waals surface area contributed by atoms with E-state index in [1.54, 1.807) is 31.4 Å². The first kappa shape index (κ1) is 20.9. The van der Waals surface area contributed by atoms with Gasteiger partial charge in [0, 0.05) is 19.2 Å². The molecule has 1 aromatic carbocycles. The maximum absolute atomic E-state index is 13.2. The summed E-state index contributed by atoms with van der Waals surface area (Å²) >= 11 is 0. The average molecular weight is 383 g/mol. The Hall–Kier alpha value is -1.44. The Balaban J connectivity index is 2.22. The molecule has 0 unspecified atom stereocenters. The highest BCUT2D eigenvalue weighted by atomic mass is 32.2. The van der Waals surface area contributed by atoms with Gasteiger partial charge in [-0.15, -0.1) is 0 Å². The van der Waals surface area contributed by atoms with Gasteiger partial charge in [-0.25, -0.2) is 8.42 Å². The van der Waals surface area contributed by atoms with E-state index in [2.05, 4.69) is 5.32 Å². The van der Waals surface area contributed by atoms with Crippen molar-refractivity contribution in [3.05, 3.63) is 29.8 Å². The van der Waals surface area contributed by atoms with Gasteiger partial charge in [-0.1, -0.05) is 37.0 Å². The molecule has 1 saturated carbocycles. The summed E-state index contributed by atoms with van der Waals surface area (Å²) in [7, 11) is -2.15. The van der Waals surface area contributed by atoms with Gasteiger partial charge in [0.25, 0.3) is 0 Å². The average Bonchev–Trinajstić information content (AvgIpc) is 2.61. The molecule has 2 rings (SSSR count). The van der Waals surface area contributed by atoms with E-state index in [0.29, 0.717) is 6.61 Å². The number of amides is 1. The molecule has 1 aromatic rings. The van der Waals surface area contributed by atoms with Gasteiger partial charge in [0.05, 0.1) is 18.0 Å². The number of sulfonamides is 1. The number of benzene rings is 1. The first-order valence-corrected chi connectivity index (χ1v) is 10.7. The van der Waals surface area contributed by atoms with Gasteiger partial charge in [-0.2, -0.15) is 4.31 Å². The van der Waals surface area contributed by atoms with Gasteiger partial charge in [0.15, 0.2) is 0 Å². The number of carbonyl (C=O) groups excluding carboxylic acids is 1. The molecule has 1 N–H and O–H groups in total. The standard InChI is InChI=1S/C19H30N2O4S/c1-15-9-11-18(12-10-15)26(23,24)21(17-7-5-4-6-8-17)13-19(22)20-16(2)14-25-3/h9-12,16-17H,4-8,13-14H2,1-3H3,(H,20,22)/t16-/m1/s1. The number of carbonyl (C=O) groups is 1. The van der Waals surface area contributed by atoms with Gasteiger partial charge in [-0.3, -0.25) is 4.79 Å². The van der Waals surface area contributed by atoms with Gasteiger partial charge in [-0.05, 0) is 38.8 Å². The third-order valence-corrected chi connectivity index (χ3v) is 6.65. The molecule has 0 bridgehead atoms. The second-order valence-electron chi connectivity index (χ2n) is 7.08. The molecule has 0 heterocycles. The molecule has 0 aliphatic heterocycles. The van der Waals surface area contributed by atoms with Crippen LogP contribution in [0.25, 0.3) is 0 Å². The summed E-state index contributed by atoms with van der Waals surface area (Å²) in [5.74, 6) is -0.296. The SMILES string of the molecule is COC[C@@H](C)NC(=O)CN(C1CCCCC1)S(=O)(=O)c1ccc(C)cc1. The minimum atomic E-state index is -3.72. The molecule has 0 radical (unpaired) electrons. The summed E-state index contributed by atoms with van der Waals surface area (Å²) in [5.41, 5.74) is 0.999. The Morgan fingerprint density at radius 1 is 1.23 bits per heavy atom. The molecule has 0 saturated heterocycles. The quantitative estimate of drug-likeness (QED) is 0.749. The predicted molar refractivity (Wildman–Crippen MR) is 101 cm³/mol. The zero-order valence-corrected chi connectivity index (χ0v) is 16.7. The van der Waals surface area contributed by atoms with Crippen LogP contribution in [-0.4, -0.2) is 51.0 Å². The molecule has 146 valence electrons. The highest BCUT2D eigenvalue weighted by molar-refractivity contribution is 7.89. The van der Waals surface area contributed by atoms with E-state index in [0.717, 1.165) is 37.7 Å². The van der Waals surface area contributed by atoms with Crippen LogP contribution in [0.5, 0.6) is 0 Å². The summed E-state index contributed by atoms with van der Waals surface area (Å²) in [6.07, 6.45) is 4.70. The lowest BCUT2D eigenvalue weighted by Gasteiger charge is -2.33. The van der Waals surface area contributed by atoms with Crippen molar-refractivity contribution in [3.8, 4) is 0 Å². The van der Waals surface area contributed by atoms with Crippen molar-refractivity contribution in [2.75, 3.05) is 20.3 Å². The number of nitrogens with one attached hydrogen (secondary N) is 1. The summed E-state index contributed by atoms with van der Waals surface area (Å²) in [4.78, 5) is 12.7. The second kappa shape index (κ2) is 9.48. The first-order valence-electron chi connectivity index (χ1n) is 9.21. The molecule has 0 spiro atoms.